The molecule has 0 saturated carbocycles. The van der Waals surface area contributed by atoms with Crippen molar-refractivity contribution in [3.8, 4) is 0 Å². The summed E-state index contributed by atoms with van der Waals surface area (Å²) in [6, 6.07) is 8.95. The van der Waals surface area contributed by atoms with Crippen LogP contribution >= 0.6 is 0 Å². The standard InChI is InChI=1S/C43H59FN4O9/c1-10-32-43(7)39-25(4)34(45-17-18-48(39)42(52)57-43)24(3)37(53-19-13-14-28-21-29-15-11-12-16-30(29)46-22-28)27(6)38(26(5)35(49)33(44)40(51)55-32)56-41-36(50)31(47(8)9)20-23(2)54-41/h11-16,21-27,31-33,36-39,41,50H,10,17-20H2,1-9H3/b14-13+/t23-,24+,25-,26+,27-,31+,32+,33?,36-,37+,38-,39?,41+,43-/m1/s1. The molecule has 13 nitrogen and oxygen atoms in total. The average Bonchev–Trinajstić information content (AvgIpc) is 3.31. The minimum atomic E-state index is -2.66. The molecular formula is C43H59FN4O9. The fourth-order valence-corrected chi connectivity index (χ4v) is 9.59. The Balaban J connectivity index is 1.41. The van der Waals surface area contributed by atoms with E-state index in [-0.39, 0.29) is 31.7 Å². The second-order valence-electron chi connectivity index (χ2n) is 16.7. The minimum absolute atomic E-state index is 0.149. The van der Waals surface area contributed by atoms with E-state index in [2.05, 4.69) is 4.98 Å². The monoisotopic (exact) mass is 794 g/mol. The number of likely N-dealkylation sites (N-methyl/N-ethyl adjacent to an activating group) is 1. The van der Waals surface area contributed by atoms with Crippen LogP contribution in [0.3, 0.4) is 0 Å². The van der Waals surface area contributed by atoms with Gasteiger partial charge in [0.15, 0.2) is 17.7 Å². The molecule has 2 bridgehead atoms. The van der Waals surface area contributed by atoms with Crippen molar-refractivity contribution in [2.24, 2.45) is 28.7 Å². The highest BCUT2D eigenvalue weighted by atomic mass is 19.1. The van der Waals surface area contributed by atoms with Crippen molar-refractivity contribution in [2.75, 3.05) is 33.8 Å². The van der Waals surface area contributed by atoms with Gasteiger partial charge in [-0.2, -0.15) is 0 Å². The number of fused-ring (bicyclic) bond motifs is 2. The van der Waals surface area contributed by atoms with Crippen LogP contribution in [0.5, 0.6) is 0 Å². The third-order valence-corrected chi connectivity index (χ3v) is 12.6. The lowest BCUT2D eigenvalue weighted by Crippen LogP contribution is -2.59. The number of carbonyl (C=O) groups is 3. The van der Waals surface area contributed by atoms with Crippen LogP contribution in [0, 0.1) is 23.7 Å². The molecule has 5 heterocycles. The number of alkyl halides is 1. The number of amides is 1. The molecule has 0 radical (unpaired) electrons. The molecule has 3 saturated heterocycles. The van der Waals surface area contributed by atoms with Crippen molar-refractivity contribution in [1.29, 1.82) is 0 Å². The summed E-state index contributed by atoms with van der Waals surface area (Å²) >= 11 is 0. The first-order valence-electron chi connectivity index (χ1n) is 20.3. The number of rotatable bonds is 8. The van der Waals surface area contributed by atoms with Crippen LogP contribution < -0.4 is 0 Å². The van der Waals surface area contributed by atoms with Crippen LogP contribution in [-0.2, 0) is 33.3 Å². The maximum Gasteiger partial charge on any atom is 0.410 e. The molecule has 0 spiro atoms. The van der Waals surface area contributed by atoms with E-state index < -0.39 is 90.0 Å². The molecule has 6 rings (SSSR count). The summed E-state index contributed by atoms with van der Waals surface area (Å²) < 4.78 is 47.6. The zero-order valence-electron chi connectivity index (χ0n) is 34.5. The number of benzene rings is 1. The van der Waals surface area contributed by atoms with Crippen LogP contribution in [0.4, 0.5) is 9.18 Å². The number of ether oxygens (including phenoxy) is 5. The number of aromatic nitrogens is 1. The molecule has 3 fully saturated rings. The summed E-state index contributed by atoms with van der Waals surface area (Å²) in [4.78, 5) is 54.2. The van der Waals surface area contributed by atoms with E-state index in [9.17, 15) is 19.5 Å². The van der Waals surface area contributed by atoms with Crippen LogP contribution in [0.1, 0.15) is 66.9 Å². The number of ketones is 1. The summed E-state index contributed by atoms with van der Waals surface area (Å²) in [5.41, 5.74) is 1.16. The van der Waals surface area contributed by atoms with Gasteiger partial charge in [-0.25, -0.2) is 14.0 Å². The van der Waals surface area contributed by atoms with E-state index in [1.807, 2.05) is 89.2 Å². The number of nitrogens with zero attached hydrogens (tertiary/aromatic N) is 4. The van der Waals surface area contributed by atoms with Crippen molar-refractivity contribution in [2.45, 2.75) is 122 Å². The maximum absolute atomic E-state index is 16.3. The van der Waals surface area contributed by atoms with Gasteiger partial charge in [-0.1, -0.05) is 65.0 Å². The maximum atomic E-state index is 16.3. The number of para-hydroxylation sites is 1. The molecule has 57 heavy (non-hydrogen) atoms. The number of aliphatic hydroxyl groups is 1. The average molecular weight is 795 g/mol. The Labute approximate surface area is 334 Å². The summed E-state index contributed by atoms with van der Waals surface area (Å²) in [7, 11) is 3.72. The molecule has 14 heteroatoms. The lowest BCUT2D eigenvalue weighted by atomic mass is 9.73. The van der Waals surface area contributed by atoms with Crippen molar-refractivity contribution < 1.29 is 47.6 Å². The second-order valence-corrected chi connectivity index (χ2v) is 16.7. The quantitative estimate of drug-likeness (QED) is 0.276. The van der Waals surface area contributed by atoms with Gasteiger partial charge in [0.05, 0.1) is 43.0 Å². The molecular weight excluding hydrogens is 735 g/mol. The molecule has 4 aliphatic rings. The topological polar surface area (TPSA) is 149 Å². The highest BCUT2D eigenvalue weighted by Crippen LogP contribution is 2.43. The molecule has 2 unspecified atom stereocenters. The Bertz CT molecular complexity index is 1840. The third-order valence-electron chi connectivity index (χ3n) is 12.6. The molecule has 4 aliphatic heterocycles. The van der Waals surface area contributed by atoms with Crippen molar-refractivity contribution >= 4 is 40.5 Å². The van der Waals surface area contributed by atoms with Gasteiger partial charge in [0.2, 0.25) is 0 Å². The number of carbonyl (C=O) groups excluding carboxylic acids is 3. The van der Waals surface area contributed by atoms with Crippen LogP contribution in [0.2, 0.25) is 0 Å². The zero-order chi connectivity index (χ0) is 41.3. The van der Waals surface area contributed by atoms with Gasteiger partial charge in [0, 0.05) is 53.6 Å². The third kappa shape index (κ3) is 8.52. The molecule has 2 aromatic rings. The van der Waals surface area contributed by atoms with E-state index in [4.69, 9.17) is 28.7 Å². The Morgan fingerprint density at radius 2 is 1.81 bits per heavy atom. The highest BCUT2D eigenvalue weighted by Gasteiger charge is 2.60. The van der Waals surface area contributed by atoms with Gasteiger partial charge in [0.1, 0.15) is 12.2 Å². The number of esters is 1. The Morgan fingerprint density at radius 3 is 2.53 bits per heavy atom. The molecule has 14 atom stereocenters. The molecule has 1 amide bonds. The van der Waals surface area contributed by atoms with Crippen LogP contribution in [-0.4, -0.2) is 138 Å². The largest absolute Gasteiger partial charge is 0.456 e. The molecule has 1 aromatic heterocycles. The lowest BCUT2D eigenvalue weighted by Gasteiger charge is -2.45. The first-order chi connectivity index (χ1) is 27.1. The van der Waals surface area contributed by atoms with E-state index in [1.165, 1.54) is 6.92 Å². The fraction of sp³-hybridized carbons (Fsp3) is 0.651. The van der Waals surface area contributed by atoms with Crippen molar-refractivity contribution in [1.82, 2.24) is 14.8 Å². The molecule has 1 aromatic carbocycles. The summed E-state index contributed by atoms with van der Waals surface area (Å²) in [5, 5.41) is 12.5. The van der Waals surface area contributed by atoms with Crippen LogP contribution in [0.25, 0.3) is 17.0 Å². The van der Waals surface area contributed by atoms with E-state index in [0.29, 0.717) is 13.0 Å². The van der Waals surface area contributed by atoms with Crippen molar-refractivity contribution in [3.63, 3.8) is 0 Å². The predicted molar refractivity (Wildman–Crippen MR) is 212 cm³/mol. The Kier molecular flexibility index (Phi) is 13.2. The van der Waals surface area contributed by atoms with Gasteiger partial charge >= 0.3 is 12.1 Å². The first kappa shape index (κ1) is 42.8. The number of hydrogen-bond acceptors (Lipinski definition) is 12. The Hall–Kier alpha value is -3.82. The summed E-state index contributed by atoms with van der Waals surface area (Å²) in [6.07, 6.45) is -2.30. The normalized spacial score (nSPS) is 38.2. The number of Topliss-reactive ketones (excluding diaryl/α,β-unsaturated/α-hetero) is 1. The number of aliphatic imine (C=N–C) groups is 1. The van der Waals surface area contributed by atoms with E-state index in [1.54, 1.807) is 24.9 Å². The Morgan fingerprint density at radius 1 is 1.07 bits per heavy atom. The smallest absolute Gasteiger partial charge is 0.410 e. The lowest BCUT2D eigenvalue weighted by molar-refractivity contribution is -0.281. The van der Waals surface area contributed by atoms with E-state index >= 15 is 4.39 Å². The number of pyridine rings is 1. The fourth-order valence-electron chi connectivity index (χ4n) is 9.59. The SMILES string of the molecule is CC[C@@H]1OC(=O)C(F)C(=O)[C@H](C)[C@@H](O[C@@H]2O[C@H](C)C[C@H](N(C)C)[C@H]2O)[C@H](C)[C@@H](OC/C=C/c2cnc3ccccc3c2)[C@@H](C)C2=NCCN3C(=O)O[C@@]1(C)C3[C@@H]2C. The van der Waals surface area contributed by atoms with Crippen molar-refractivity contribution in [3.05, 3.63) is 48.2 Å². The minimum Gasteiger partial charge on any atom is -0.456 e. The van der Waals surface area contributed by atoms with Gasteiger partial charge in [0.25, 0.3) is 6.17 Å². The number of hydrogen-bond donors (Lipinski definition) is 1. The molecule has 312 valence electrons. The van der Waals surface area contributed by atoms with Crippen LogP contribution in [0.15, 0.2) is 47.6 Å². The predicted octanol–water partition coefficient (Wildman–Crippen LogP) is 5.27. The van der Waals surface area contributed by atoms with E-state index in [0.717, 1.165) is 22.2 Å². The zero-order valence-corrected chi connectivity index (χ0v) is 34.5. The van der Waals surface area contributed by atoms with Gasteiger partial charge in [-0.15, -0.1) is 0 Å². The highest BCUT2D eigenvalue weighted by molar-refractivity contribution is 6.03. The second kappa shape index (κ2) is 17.6. The molecule has 1 N–H and O–H groups in total. The molecule has 0 aliphatic carbocycles. The van der Waals surface area contributed by atoms with Gasteiger partial charge < -0.3 is 33.7 Å². The summed E-state index contributed by atoms with van der Waals surface area (Å²) in [5.74, 6) is -5.10. The number of halogens is 1. The summed E-state index contributed by atoms with van der Waals surface area (Å²) in [6.45, 7) is 13.4. The number of aliphatic hydroxyl groups excluding tert-OH is 1. The number of cyclic esters (lactones) is 1. The van der Waals surface area contributed by atoms with Gasteiger partial charge in [-0.05, 0) is 58.5 Å². The first-order valence-corrected chi connectivity index (χ1v) is 20.3. The van der Waals surface area contributed by atoms with Gasteiger partial charge in [-0.3, -0.25) is 19.7 Å².